The largest absolute Gasteiger partial charge is 0.444 e. The zero-order chi connectivity index (χ0) is 17.6. The van der Waals surface area contributed by atoms with E-state index in [0.717, 1.165) is 23.0 Å². The molecule has 0 saturated heterocycles. The van der Waals surface area contributed by atoms with Crippen molar-refractivity contribution in [2.75, 3.05) is 7.05 Å². The normalized spacial score (nSPS) is 11.6. The highest BCUT2D eigenvalue weighted by Gasteiger charge is 2.09. The lowest BCUT2D eigenvalue weighted by Crippen LogP contribution is -2.37. The van der Waals surface area contributed by atoms with Crippen LogP contribution in [0.4, 0.5) is 0 Å². The molecule has 8 nitrogen and oxygen atoms in total. The zero-order valence-corrected chi connectivity index (χ0v) is 14.5. The number of para-hydroxylation sites is 1. The number of nitrogens with one attached hydrogen (secondary N) is 2. The smallest absolute Gasteiger partial charge is 0.214 e. The van der Waals surface area contributed by atoms with Crippen molar-refractivity contribution < 1.29 is 4.42 Å². The molecule has 0 atom stereocenters. The Labute approximate surface area is 146 Å². The lowest BCUT2D eigenvalue weighted by molar-refractivity contribution is 0.463. The highest BCUT2D eigenvalue weighted by atomic mass is 16.4. The monoisotopic (exact) mass is 339 g/mol. The van der Waals surface area contributed by atoms with E-state index in [1.807, 2.05) is 48.7 Å². The van der Waals surface area contributed by atoms with Crippen molar-refractivity contribution in [3.05, 3.63) is 59.8 Å². The summed E-state index contributed by atoms with van der Waals surface area (Å²) < 4.78 is 7.49. The molecule has 2 heterocycles. The maximum atomic E-state index is 5.55. The van der Waals surface area contributed by atoms with Gasteiger partial charge in [-0.15, -0.1) is 10.2 Å². The Balaban J connectivity index is 1.60. The van der Waals surface area contributed by atoms with Gasteiger partial charge in [-0.2, -0.15) is 0 Å². The van der Waals surface area contributed by atoms with Gasteiger partial charge in [0.05, 0.1) is 18.8 Å². The SMILES string of the molecule is CN=C(NCc1nc(C)c(C)o1)NCc1nncn1-c1ccccc1. The van der Waals surface area contributed by atoms with E-state index in [0.29, 0.717) is 24.9 Å². The molecule has 0 saturated carbocycles. The maximum Gasteiger partial charge on any atom is 0.214 e. The second-order valence-electron chi connectivity index (χ2n) is 5.48. The molecule has 0 amide bonds. The molecule has 0 radical (unpaired) electrons. The first-order valence-electron chi connectivity index (χ1n) is 7.99. The summed E-state index contributed by atoms with van der Waals surface area (Å²) in [6, 6.07) is 9.95. The predicted octanol–water partition coefficient (Wildman–Crippen LogP) is 1.74. The van der Waals surface area contributed by atoms with Crippen LogP contribution in [0.15, 0.2) is 46.1 Å². The molecule has 0 aliphatic heterocycles. The second kappa shape index (κ2) is 7.61. The highest BCUT2D eigenvalue weighted by Crippen LogP contribution is 2.09. The van der Waals surface area contributed by atoms with Crippen LogP contribution in [0.1, 0.15) is 23.2 Å². The topological polar surface area (TPSA) is 93.2 Å². The zero-order valence-electron chi connectivity index (χ0n) is 14.5. The fourth-order valence-corrected chi connectivity index (χ4v) is 2.34. The van der Waals surface area contributed by atoms with Gasteiger partial charge in [0.15, 0.2) is 11.8 Å². The van der Waals surface area contributed by atoms with Gasteiger partial charge in [-0.05, 0) is 26.0 Å². The van der Waals surface area contributed by atoms with Crippen LogP contribution in [0.25, 0.3) is 5.69 Å². The average Bonchev–Trinajstić information content (AvgIpc) is 3.22. The van der Waals surface area contributed by atoms with Crippen molar-refractivity contribution in [2.24, 2.45) is 4.99 Å². The molecule has 0 bridgehead atoms. The van der Waals surface area contributed by atoms with Gasteiger partial charge < -0.3 is 15.1 Å². The summed E-state index contributed by atoms with van der Waals surface area (Å²) in [6.45, 7) is 4.76. The third-order valence-corrected chi connectivity index (χ3v) is 3.77. The fourth-order valence-electron chi connectivity index (χ4n) is 2.34. The quantitative estimate of drug-likeness (QED) is 0.543. The molecule has 25 heavy (non-hydrogen) atoms. The number of aliphatic imine (C=N–C) groups is 1. The summed E-state index contributed by atoms with van der Waals surface area (Å²) in [7, 11) is 1.71. The first-order chi connectivity index (χ1) is 12.2. The Bertz CT molecular complexity index is 832. The lowest BCUT2D eigenvalue weighted by Gasteiger charge is -2.11. The van der Waals surface area contributed by atoms with Crippen LogP contribution in [0, 0.1) is 13.8 Å². The standard InChI is InChI=1S/C17H21N7O/c1-12-13(2)25-16(22-12)10-20-17(18-3)19-9-15-23-21-11-24(15)14-7-5-4-6-8-14/h4-8,11H,9-10H2,1-3H3,(H2,18,19,20). The maximum absolute atomic E-state index is 5.55. The van der Waals surface area contributed by atoms with Crippen molar-refractivity contribution >= 4 is 5.96 Å². The van der Waals surface area contributed by atoms with E-state index < -0.39 is 0 Å². The van der Waals surface area contributed by atoms with E-state index in [9.17, 15) is 0 Å². The predicted molar refractivity (Wildman–Crippen MR) is 94.4 cm³/mol. The van der Waals surface area contributed by atoms with Gasteiger partial charge in [0.2, 0.25) is 5.89 Å². The molecule has 0 unspecified atom stereocenters. The Kier molecular flexibility index (Phi) is 5.08. The first kappa shape index (κ1) is 16.7. The number of guanidine groups is 1. The summed E-state index contributed by atoms with van der Waals surface area (Å²) >= 11 is 0. The van der Waals surface area contributed by atoms with Crippen molar-refractivity contribution in [1.82, 2.24) is 30.4 Å². The van der Waals surface area contributed by atoms with Gasteiger partial charge in [-0.25, -0.2) is 4.98 Å². The van der Waals surface area contributed by atoms with E-state index >= 15 is 0 Å². The Morgan fingerprint density at radius 2 is 1.92 bits per heavy atom. The number of hydrogen-bond acceptors (Lipinski definition) is 5. The molecule has 3 rings (SSSR count). The molecule has 0 spiro atoms. The highest BCUT2D eigenvalue weighted by molar-refractivity contribution is 5.79. The molecule has 3 aromatic rings. The number of rotatable bonds is 5. The average molecular weight is 339 g/mol. The summed E-state index contributed by atoms with van der Waals surface area (Å²) in [5.74, 6) is 2.88. The molecule has 1 aromatic carbocycles. The van der Waals surface area contributed by atoms with Crippen LogP contribution in [0.5, 0.6) is 0 Å². The van der Waals surface area contributed by atoms with Gasteiger partial charge in [-0.1, -0.05) is 18.2 Å². The summed E-state index contributed by atoms with van der Waals surface area (Å²) in [5.41, 5.74) is 1.91. The van der Waals surface area contributed by atoms with Crippen LogP contribution in [0.2, 0.25) is 0 Å². The van der Waals surface area contributed by atoms with Crippen LogP contribution in [0.3, 0.4) is 0 Å². The molecule has 8 heteroatoms. The fraction of sp³-hybridized carbons (Fsp3) is 0.294. The minimum atomic E-state index is 0.458. The minimum absolute atomic E-state index is 0.458. The molecular weight excluding hydrogens is 318 g/mol. The number of aromatic nitrogens is 4. The van der Waals surface area contributed by atoms with E-state index in [2.05, 4.69) is 30.8 Å². The van der Waals surface area contributed by atoms with Gasteiger partial charge in [0.1, 0.15) is 12.1 Å². The van der Waals surface area contributed by atoms with Crippen molar-refractivity contribution in [2.45, 2.75) is 26.9 Å². The van der Waals surface area contributed by atoms with Crippen molar-refractivity contribution in [3.8, 4) is 5.69 Å². The van der Waals surface area contributed by atoms with E-state index in [1.54, 1.807) is 13.4 Å². The molecule has 0 aliphatic carbocycles. The first-order valence-corrected chi connectivity index (χ1v) is 7.99. The second-order valence-corrected chi connectivity index (χ2v) is 5.48. The molecule has 2 aromatic heterocycles. The third kappa shape index (κ3) is 4.03. The third-order valence-electron chi connectivity index (χ3n) is 3.77. The molecule has 0 fully saturated rings. The Hall–Kier alpha value is -3.16. The summed E-state index contributed by atoms with van der Waals surface area (Å²) in [4.78, 5) is 8.54. The molecule has 2 N–H and O–H groups in total. The number of hydrogen-bond donors (Lipinski definition) is 2. The number of oxazole rings is 1. The molecular formula is C17H21N7O. The molecule has 0 aliphatic rings. The number of nitrogens with zero attached hydrogens (tertiary/aromatic N) is 5. The van der Waals surface area contributed by atoms with Crippen LogP contribution in [-0.2, 0) is 13.1 Å². The minimum Gasteiger partial charge on any atom is -0.444 e. The van der Waals surface area contributed by atoms with E-state index in [1.165, 1.54) is 0 Å². The number of aryl methyl sites for hydroxylation is 2. The van der Waals surface area contributed by atoms with Gasteiger partial charge in [0, 0.05) is 12.7 Å². The van der Waals surface area contributed by atoms with Crippen LogP contribution >= 0.6 is 0 Å². The lowest BCUT2D eigenvalue weighted by atomic mass is 10.3. The van der Waals surface area contributed by atoms with Gasteiger partial charge >= 0.3 is 0 Å². The van der Waals surface area contributed by atoms with Crippen LogP contribution in [-0.4, -0.2) is 32.8 Å². The van der Waals surface area contributed by atoms with Crippen LogP contribution < -0.4 is 10.6 Å². The van der Waals surface area contributed by atoms with Crippen molar-refractivity contribution in [3.63, 3.8) is 0 Å². The Morgan fingerprint density at radius 1 is 1.16 bits per heavy atom. The number of benzene rings is 1. The Morgan fingerprint density at radius 3 is 2.60 bits per heavy atom. The van der Waals surface area contributed by atoms with E-state index in [4.69, 9.17) is 4.42 Å². The van der Waals surface area contributed by atoms with E-state index in [-0.39, 0.29) is 0 Å². The van der Waals surface area contributed by atoms with Gasteiger partial charge in [-0.3, -0.25) is 9.56 Å². The summed E-state index contributed by atoms with van der Waals surface area (Å²) in [6.07, 6.45) is 1.70. The van der Waals surface area contributed by atoms with Gasteiger partial charge in [0.25, 0.3) is 0 Å². The van der Waals surface area contributed by atoms with Crippen molar-refractivity contribution in [1.29, 1.82) is 0 Å². The molecule has 130 valence electrons. The summed E-state index contributed by atoms with van der Waals surface area (Å²) in [5, 5.41) is 14.6.